The van der Waals surface area contributed by atoms with Crippen LogP contribution in [-0.2, 0) is 13.0 Å². The van der Waals surface area contributed by atoms with Crippen molar-refractivity contribution in [2.45, 2.75) is 57.8 Å². The molecular weight excluding hydrogens is 489 g/mol. The third-order valence-electron chi connectivity index (χ3n) is 5.22. The molecular formula is C24H34IN3O2. The largest absolute Gasteiger partial charge is 0.489 e. The molecule has 164 valence electrons. The van der Waals surface area contributed by atoms with E-state index in [0.717, 1.165) is 56.9 Å². The predicted molar refractivity (Wildman–Crippen MR) is 134 cm³/mol. The number of guanidine groups is 1. The number of rotatable bonds is 8. The van der Waals surface area contributed by atoms with Crippen LogP contribution in [0.4, 0.5) is 0 Å². The van der Waals surface area contributed by atoms with Crippen LogP contribution in [0.1, 0.15) is 43.7 Å². The monoisotopic (exact) mass is 523 g/mol. The van der Waals surface area contributed by atoms with E-state index in [2.05, 4.69) is 41.8 Å². The van der Waals surface area contributed by atoms with Crippen molar-refractivity contribution in [3.63, 3.8) is 0 Å². The zero-order valence-electron chi connectivity index (χ0n) is 17.7. The van der Waals surface area contributed by atoms with E-state index in [9.17, 15) is 5.11 Å². The molecule has 0 aromatic heterocycles. The lowest BCUT2D eigenvalue weighted by atomic mass is 9.93. The van der Waals surface area contributed by atoms with Crippen LogP contribution in [0.3, 0.4) is 0 Å². The fourth-order valence-corrected chi connectivity index (χ4v) is 3.52. The third kappa shape index (κ3) is 8.52. The van der Waals surface area contributed by atoms with Crippen LogP contribution in [0.2, 0.25) is 0 Å². The van der Waals surface area contributed by atoms with Gasteiger partial charge in [-0.15, -0.1) is 24.0 Å². The van der Waals surface area contributed by atoms with Crippen molar-refractivity contribution in [3.05, 3.63) is 65.7 Å². The zero-order valence-corrected chi connectivity index (χ0v) is 20.0. The molecule has 5 nitrogen and oxygen atoms in total. The molecule has 0 aliphatic heterocycles. The summed E-state index contributed by atoms with van der Waals surface area (Å²) in [6.45, 7) is 4.24. The van der Waals surface area contributed by atoms with Crippen LogP contribution in [-0.4, -0.2) is 36.3 Å². The van der Waals surface area contributed by atoms with Gasteiger partial charge < -0.3 is 20.5 Å². The maximum atomic E-state index is 9.66. The summed E-state index contributed by atoms with van der Waals surface area (Å²) in [5.74, 6) is 1.76. The minimum atomic E-state index is -0.132. The molecule has 1 fully saturated rings. The van der Waals surface area contributed by atoms with Gasteiger partial charge in [0, 0.05) is 19.1 Å². The predicted octanol–water partition coefficient (Wildman–Crippen LogP) is 4.28. The van der Waals surface area contributed by atoms with E-state index in [4.69, 9.17) is 9.73 Å². The molecule has 0 unspecified atom stereocenters. The molecule has 0 saturated heterocycles. The molecule has 0 amide bonds. The van der Waals surface area contributed by atoms with Gasteiger partial charge in [-0.3, -0.25) is 4.99 Å². The molecule has 3 rings (SSSR count). The minimum absolute atomic E-state index is 0. The molecule has 1 aliphatic carbocycles. The standard InChI is InChI=1S/C24H33N3O2.HI/c1-2-25-24(27-21-10-12-22(28)13-11-21)26-17-16-19-8-14-23(15-9-19)29-18-20-6-4-3-5-7-20;/h3-9,14-15,21-22,28H,2,10-13,16-18H2,1H3,(H2,25,26,27);1H. The van der Waals surface area contributed by atoms with Crippen molar-refractivity contribution >= 4 is 29.9 Å². The van der Waals surface area contributed by atoms with Crippen molar-refractivity contribution in [1.29, 1.82) is 0 Å². The lowest BCUT2D eigenvalue weighted by Gasteiger charge is -2.27. The molecule has 3 N–H and O–H groups in total. The normalized spacial score (nSPS) is 18.9. The summed E-state index contributed by atoms with van der Waals surface area (Å²) in [7, 11) is 0. The third-order valence-corrected chi connectivity index (χ3v) is 5.22. The van der Waals surface area contributed by atoms with E-state index >= 15 is 0 Å². The lowest BCUT2D eigenvalue weighted by molar-refractivity contribution is 0.120. The highest BCUT2D eigenvalue weighted by Crippen LogP contribution is 2.18. The molecule has 0 spiro atoms. The maximum absolute atomic E-state index is 9.66. The summed E-state index contributed by atoms with van der Waals surface area (Å²) in [6.07, 6.45) is 4.49. The summed E-state index contributed by atoms with van der Waals surface area (Å²) in [5, 5.41) is 16.5. The molecule has 6 heteroatoms. The molecule has 1 aliphatic rings. The van der Waals surface area contributed by atoms with Crippen LogP contribution in [0, 0.1) is 0 Å². The molecule has 2 aromatic rings. The highest BCUT2D eigenvalue weighted by atomic mass is 127. The number of aliphatic hydroxyl groups excluding tert-OH is 1. The first-order valence-corrected chi connectivity index (χ1v) is 10.7. The van der Waals surface area contributed by atoms with Crippen molar-refractivity contribution in [1.82, 2.24) is 10.6 Å². The van der Waals surface area contributed by atoms with Crippen molar-refractivity contribution in [3.8, 4) is 5.75 Å². The summed E-state index contributed by atoms with van der Waals surface area (Å²) >= 11 is 0. The fraction of sp³-hybridized carbons (Fsp3) is 0.458. The second-order valence-corrected chi connectivity index (χ2v) is 7.58. The van der Waals surface area contributed by atoms with E-state index < -0.39 is 0 Å². The minimum Gasteiger partial charge on any atom is -0.489 e. The van der Waals surface area contributed by atoms with Crippen molar-refractivity contribution < 1.29 is 9.84 Å². The SMILES string of the molecule is CCNC(=NCCc1ccc(OCc2ccccc2)cc1)NC1CCC(O)CC1.I. The van der Waals surface area contributed by atoms with Crippen LogP contribution < -0.4 is 15.4 Å². The average Bonchev–Trinajstić information content (AvgIpc) is 2.75. The summed E-state index contributed by atoms with van der Waals surface area (Å²) in [5.41, 5.74) is 2.42. The smallest absolute Gasteiger partial charge is 0.191 e. The molecule has 2 aromatic carbocycles. The summed E-state index contributed by atoms with van der Waals surface area (Å²) in [4.78, 5) is 4.72. The van der Waals surface area contributed by atoms with Gasteiger partial charge in [0.2, 0.25) is 0 Å². The summed E-state index contributed by atoms with van der Waals surface area (Å²) < 4.78 is 5.85. The molecule has 0 bridgehead atoms. The molecule has 0 atom stereocenters. The number of hydrogen-bond donors (Lipinski definition) is 3. The Morgan fingerprint density at radius 3 is 2.37 bits per heavy atom. The van der Waals surface area contributed by atoms with Gasteiger partial charge in [0.15, 0.2) is 5.96 Å². The molecule has 1 saturated carbocycles. The first-order valence-electron chi connectivity index (χ1n) is 10.7. The Morgan fingerprint density at radius 2 is 1.70 bits per heavy atom. The number of benzene rings is 2. The molecule has 0 radical (unpaired) electrons. The van der Waals surface area contributed by atoms with E-state index in [-0.39, 0.29) is 30.1 Å². The summed E-state index contributed by atoms with van der Waals surface area (Å²) in [6, 6.07) is 18.9. The number of hydrogen-bond acceptors (Lipinski definition) is 3. The second kappa shape index (κ2) is 13.5. The first-order chi connectivity index (χ1) is 14.2. The lowest BCUT2D eigenvalue weighted by Crippen LogP contribution is -2.45. The van der Waals surface area contributed by atoms with Gasteiger partial charge in [-0.05, 0) is 62.3 Å². The van der Waals surface area contributed by atoms with E-state index in [1.165, 1.54) is 11.1 Å². The molecule has 30 heavy (non-hydrogen) atoms. The van der Waals surface area contributed by atoms with E-state index in [1.54, 1.807) is 0 Å². The number of ether oxygens (including phenoxy) is 1. The van der Waals surface area contributed by atoms with Gasteiger partial charge in [0.1, 0.15) is 12.4 Å². The Balaban J connectivity index is 0.00000320. The zero-order chi connectivity index (χ0) is 20.3. The van der Waals surface area contributed by atoms with Gasteiger partial charge in [-0.2, -0.15) is 0 Å². The maximum Gasteiger partial charge on any atom is 0.191 e. The topological polar surface area (TPSA) is 65.9 Å². The van der Waals surface area contributed by atoms with Gasteiger partial charge in [0.05, 0.1) is 6.10 Å². The number of aliphatic imine (C=N–C) groups is 1. The van der Waals surface area contributed by atoms with Crippen molar-refractivity contribution in [2.75, 3.05) is 13.1 Å². The van der Waals surface area contributed by atoms with Crippen LogP contribution in [0.25, 0.3) is 0 Å². The highest BCUT2D eigenvalue weighted by Gasteiger charge is 2.19. The number of nitrogens with zero attached hydrogens (tertiary/aromatic N) is 1. The number of halogens is 1. The second-order valence-electron chi connectivity index (χ2n) is 7.58. The number of nitrogens with one attached hydrogen (secondary N) is 2. The highest BCUT2D eigenvalue weighted by molar-refractivity contribution is 14.0. The Bertz CT molecular complexity index is 745. The van der Waals surface area contributed by atoms with Crippen LogP contribution in [0.5, 0.6) is 5.75 Å². The van der Waals surface area contributed by atoms with Crippen molar-refractivity contribution in [2.24, 2.45) is 4.99 Å². The van der Waals surface area contributed by atoms with E-state index in [1.807, 2.05) is 30.3 Å². The Labute approximate surface area is 197 Å². The Kier molecular flexibility index (Phi) is 11.0. The van der Waals surface area contributed by atoms with Gasteiger partial charge in [0.25, 0.3) is 0 Å². The van der Waals surface area contributed by atoms with Crippen LogP contribution >= 0.6 is 24.0 Å². The quantitative estimate of drug-likeness (QED) is 0.275. The average molecular weight is 523 g/mol. The van der Waals surface area contributed by atoms with Gasteiger partial charge in [-0.25, -0.2) is 0 Å². The molecule has 0 heterocycles. The fourth-order valence-electron chi connectivity index (χ4n) is 3.52. The van der Waals surface area contributed by atoms with Gasteiger partial charge >= 0.3 is 0 Å². The Hall–Kier alpha value is -1.80. The Morgan fingerprint density at radius 1 is 1.00 bits per heavy atom. The number of aliphatic hydroxyl groups is 1. The van der Waals surface area contributed by atoms with Crippen LogP contribution in [0.15, 0.2) is 59.6 Å². The first kappa shape index (κ1) is 24.5. The van der Waals surface area contributed by atoms with Gasteiger partial charge in [-0.1, -0.05) is 42.5 Å². The van der Waals surface area contributed by atoms with E-state index in [0.29, 0.717) is 12.6 Å².